The van der Waals surface area contributed by atoms with E-state index in [1.54, 1.807) is 12.3 Å². The number of para-hydroxylation sites is 1. The van der Waals surface area contributed by atoms with Crippen molar-refractivity contribution in [1.29, 1.82) is 0 Å². The molecule has 30 heavy (non-hydrogen) atoms. The van der Waals surface area contributed by atoms with Crippen LogP contribution < -0.4 is 15.5 Å². The van der Waals surface area contributed by atoms with Crippen molar-refractivity contribution in [3.8, 4) is 0 Å². The summed E-state index contributed by atoms with van der Waals surface area (Å²) in [7, 11) is 0. The van der Waals surface area contributed by atoms with Gasteiger partial charge in [0.15, 0.2) is 5.76 Å². The predicted molar refractivity (Wildman–Crippen MR) is 118 cm³/mol. The number of furan rings is 1. The fourth-order valence-corrected chi connectivity index (χ4v) is 4.42. The van der Waals surface area contributed by atoms with Gasteiger partial charge in [-0.3, -0.25) is 9.59 Å². The topological polar surface area (TPSA) is 74.6 Å². The van der Waals surface area contributed by atoms with E-state index < -0.39 is 0 Å². The minimum Gasteiger partial charge on any atom is -0.459 e. The van der Waals surface area contributed by atoms with Crippen LogP contribution in [-0.2, 0) is 13.0 Å². The second-order valence-corrected chi connectivity index (χ2v) is 8.38. The minimum absolute atomic E-state index is 0.0790. The number of nitrogens with one attached hydrogen (secondary N) is 2. The Hall–Kier alpha value is -3.06. The molecule has 4 rings (SSSR count). The van der Waals surface area contributed by atoms with Crippen LogP contribution in [0.25, 0.3) is 0 Å². The second kappa shape index (κ2) is 9.17. The van der Waals surface area contributed by atoms with E-state index in [1.807, 2.05) is 23.6 Å². The van der Waals surface area contributed by atoms with Crippen LogP contribution in [0.3, 0.4) is 0 Å². The van der Waals surface area contributed by atoms with Gasteiger partial charge >= 0.3 is 0 Å². The molecule has 0 spiro atoms. The highest BCUT2D eigenvalue weighted by atomic mass is 32.1. The Morgan fingerprint density at radius 2 is 1.90 bits per heavy atom. The van der Waals surface area contributed by atoms with E-state index in [0.717, 1.165) is 12.0 Å². The van der Waals surface area contributed by atoms with Crippen molar-refractivity contribution in [2.45, 2.75) is 32.4 Å². The standard InChI is InChI=1S/C23H25N3O3S/c1-16-14-17-6-2-3-7-19(17)26(16)15-18-9-12-29-21(18)23(28)25-11-5-10-24-22(27)20-8-4-13-30-20/h2-4,6-9,12-13,16H,5,10-11,14-15H2,1H3,(H,24,27)(H,25,28). The first-order valence-electron chi connectivity index (χ1n) is 10.1. The molecule has 7 heteroatoms. The van der Waals surface area contributed by atoms with Crippen molar-refractivity contribution in [2.24, 2.45) is 0 Å². The zero-order valence-electron chi connectivity index (χ0n) is 16.9. The molecule has 3 heterocycles. The molecule has 6 nitrogen and oxygen atoms in total. The summed E-state index contributed by atoms with van der Waals surface area (Å²) in [5, 5.41) is 7.62. The van der Waals surface area contributed by atoms with Crippen LogP contribution in [0.2, 0.25) is 0 Å². The molecule has 0 saturated carbocycles. The summed E-state index contributed by atoms with van der Waals surface area (Å²) in [6.45, 7) is 3.80. The molecule has 1 atom stereocenters. The smallest absolute Gasteiger partial charge is 0.287 e. The quantitative estimate of drug-likeness (QED) is 0.540. The summed E-state index contributed by atoms with van der Waals surface area (Å²) < 4.78 is 5.50. The van der Waals surface area contributed by atoms with Crippen molar-refractivity contribution in [3.05, 3.63) is 75.9 Å². The number of carbonyl (C=O) groups is 2. The van der Waals surface area contributed by atoms with E-state index in [-0.39, 0.29) is 11.8 Å². The highest BCUT2D eigenvalue weighted by Gasteiger charge is 2.27. The SMILES string of the molecule is CC1Cc2ccccc2N1Cc1ccoc1C(=O)NCCCNC(=O)c1cccs1. The maximum Gasteiger partial charge on any atom is 0.287 e. The molecule has 1 aliphatic rings. The molecule has 0 aliphatic carbocycles. The zero-order valence-corrected chi connectivity index (χ0v) is 17.7. The van der Waals surface area contributed by atoms with Gasteiger partial charge in [0.1, 0.15) is 0 Å². The number of hydrogen-bond acceptors (Lipinski definition) is 5. The summed E-state index contributed by atoms with van der Waals surface area (Å²) in [5.41, 5.74) is 3.44. The van der Waals surface area contributed by atoms with E-state index in [1.165, 1.54) is 22.6 Å². The van der Waals surface area contributed by atoms with Gasteiger partial charge in [0, 0.05) is 36.9 Å². The highest BCUT2D eigenvalue weighted by molar-refractivity contribution is 7.12. The number of anilines is 1. The van der Waals surface area contributed by atoms with E-state index >= 15 is 0 Å². The van der Waals surface area contributed by atoms with Gasteiger partial charge in [0.2, 0.25) is 0 Å². The first-order chi connectivity index (χ1) is 14.6. The van der Waals surface area contributed by atoms with Gasteiger partial charge in [0.05, 0.1) is 11.1 Å². The number of fused-ring (bicyclic) bond motifs is 1. The number of hydrogen-bond donors (Lipinski definition) is 2. The van der Waals surface area contributed by atoms with Crippen molar-refractivity contribution in [3.63, 3.8) is 0 Å². The average molecular weight is 424 g/mol. The molecule has 3 aromatic rings. The number of nitrogens with zero attached hydrogens (tertiary/aromatic N) is 1. The fourth-order valence-electron chi connectivity index (χ4n) is 3.78. The lowest BCUT2D eigenvalue weighted by Gasteiger charge is -2.24. The van der Waals surface area contributed by atoms with Gasteiger partial charge < -0.3 is 20.0 Å². The predicted octanol–water partition coefficient (Wildman–Crippen LogP) is 3.84. The average Bonchev–Trinajstić information content (AvgIpc) is 3.49. The molecule has 1 unspecified atom stereocenters. The monoisotopic (exact) mass is 423 g/mol. The van der Waals surface area contributed by atoms with Crippen LogP contribution in [-0.4, -0.2) is 30.9 Å². The Bertz CT molecular complexity index is 1010. The van der Waals surface area contributed by atoms with E-state index in [2.05, 4.69) is 40.7 Å². The Kier molecular flexibility index (Phi) is 6.18. The van der Waals surface area contributed by atoms with Gasteiger partial charge in [-0.2, -0.15) is 0 Å². The number of carbonyl (C=O) groups excluding carboxylic acids is 2. The minimum atomic E-state index is -0.222. The van der Waals surface area contributed by atoms with Gasteiger partial charge in [0.25, 0.3) is 11.8 Å². The van der Waals surface area contributed by atoms with Gasteiger partial charge in [-0.25, -0.2) is 0 Å². The van der Waals surface area contributed by atoms with Crippen LogP contribution in [0.15, 0.2) is 58.5 Å². The number of thiophene rings is 1. The Labute approximate surface area is 179 Å². The Morgan fingerprint density at radius 1 is 1.10 bits per heavy atom. The third kappa shape index (κ3) is 4.41. The molecule has 0 saturated heterocycles. The number of benzene rings is 1. The molecule has 0 bridgehead atoms. The van der Waals surface area contributed by atoms with Crippen LogP contribution in [0.5, 0.6) is 0 Å². The van der Waals surface area contributed by atoms with Gasteiger partial charge in [-0.05, 0) is 48.9 Å². The van der Waals surface area contributed by atoms with Crippen molar-refractivity contribution in [1.82, 2.24) is 10.6 Å². The van der Waals surface area contributed by atoms with Crippen LogP contribution in [0.4, 0.5) is 5.69 Å². The maximum absolute atomic E-state index is 12.6. The molecule has 0 fully saturated rings. The first kappa shape index (κ1) is 20.2. The van der Waals surface area contributed by atoms with Gasteiger partial charge in [-0.1, -0.05) is 24.3 Å². The summed E-state index contributed by atoms with van der Waals surface area (Å²) in [5.74, 6) is 0.0542. The summed E-state index contributed by atoms with van der Waals surface area (Å²) in [6, 6.07) is 14.3. The lowest BCUT2D eigenvalue weighted by atomic mass is 10.1. The van der Waals surface area contributed by atoms with E-state index in [0.29, 0.717) is 42.7 Å². The van der Waals surface area contributed by atoms with E-state index in [9.17, 15) is 9.59 Å². The maximum atomic E-state index is 12.6. The molecule has 156 valence electrons. The van der Waals surface area contributed by atoms with Crippen molar-refractivity contribution < 1.29 is 14.0 Å². The molecule has 2 amide bonds. The molecule has 1 aromatic carbocycles. The van der Waals surface area contributed by atoms with Crippen LogP contribution in [0.1, 0.15) is 44.7 Å². The highest BCUT2D eigenvalue weighted by Crippen LogP contribution is 2.33. The summed E-state index contributed by atoms with van der Waals surface area (Å²) in [6.07, 6.45) is 3.22. The molecule has 2 N–H and O–H groups in total. The largest absolute Gasteiger partial charge is 0.459 e. The summed E-state index contributed by atoms with van der Waals surface area (Å²) in [4.78, 5) is 27.5. The fraction of sp³-hybridized carbons (Fsp3) is 0.304. The number of amides is 2. The molecule has 1 aliphatic heterocycles. The molecule has 2 aromatic heterocycles. The third-order valence-electron chi connectivity index (χ3n) is 5.31. The van der Waals surface area contributed by atoms with Gasteiger partial charge in [-0.15, -0.1) is 11.3 Å². The lowest BCUT2D eigenvalue weighted by Crippen LogP contribution is -2.31. The molecule has 0 radical (unpaired) electrons. The molecular weight excluding hydrogens is 398 g/mol. The first-order valence-corrected chi connectivity index (χ1v) is 11.0. The Morgan fingerprint density at radius 3 is 2.70 bits per heavy atom. The normalized spacial score (nSPS) is 15.1. The van der Waals surface area contributed by atoms with Crippen LogP contribution in [0, 0.1) is 0 Å². The van der Waals surface area contributed by atoms with Crippen molar-refractivity contribution >= 4 is 28.8 Å². The van der Waals surface area contributed by atoms with Crippen LogP contribution >= 0.6 is 11.3 Å². The third-order valence-corrected chi connectivity index (χ3v) is 6.18. The second-order valence-electron chi connectivity index (χ2n) is 7.43. The number of rotatable bonds is 8. The molecular formula is C23H25N3O3S. The Balaban J connectivity index is 1.28. The zero-order chi connectivity index (χ0) is 20.9. The van der Waals surface area contributed by atoms with E-state index in [4.69, 9.17) is 4.42 Å². The summed E-state index contributed by atoms with van der Waals surface area (Å²) >= 11 is 1.41. The van der Waals surface area contributed by atoms with Crippen molar-refractivity contribution in [2.75, 3.05) is 18.0 Å². The lowest BCUT2D eigenvalue weighted by molar-refractivity contribution is 0.0924.